The zero-order valence-corrected chi connectivity index (χ0v) is 14.4. The van der Waals surface area contributed by atoms with Crippen molar-refractivity contribution in [2.45, 2.75) is 0 Å². The third kappa shape index (κ3) is 3.18. The van der Waals surface area contributed by atoms with Crippen molar-refractivity contribution < 1.29 is 23.1 Å². The highest BCUT2D eigenvalue weighted by Crippen LogP contribution is 2.28. The Labute approximate surface area is 158 Å². The molecule has 0 aliphatic carbocycles. The molecule has 7 nitrogen and oxygen atoms in total. The molecule has 1 aliphatic heterocycles. The fourth-order valence-electron chi connectivity index (χ4n) is 2.89. The van der Waals surface area contributed by atoms with Gasteiger partial charge in [0.2, 0.25) is 0 Å². The molecule has 1 aromatic heterocycles. The van der Waals surface area contributed by atoms with E-state index >= 15 is 0 Å². The maximum atomic E-state index is 13.9. The number of rotatable bonds is 4. The van der Waals surface area contributed by atoms with Crippen LogP contribution in [-0.4, -0.2) is 34.9 Å². The van der Waals surface area contributed by atoms with Crippen LogP contribution in [0.25, 0.3) is 5.69 Å². The average Bonchev–Trinajstić information content (AvgIpc) is 3.32. The molecular weight excluding hydrogens is 370 g/mol. The highest BCUT2D eigenvalue weighted by atomic mass is 19.1. The summed E-state index contributed by atoms with van der Waals surface area (Å²) in [5.41, 5.74) is 0.458. The normalized spacial score (nSPS) is 13.5. The lowest BCUT2D eigenvalue weighted by Crippen LogP contribution is -2.25. The number of para-hydroxylation sites is 3. The number of halogens is 2. The summed E-state index contributed by atoms with van der Waals surface area (Å²) >= 11 is 0. The van der Waals surface area contributed by atoms with Crippen molar-refractivity contribution in [1.82, 2.24) is 9.78 Å². The lowest BCUT2D eigenvalue weighted by molar-refractivity contribution is 0.102. The average molecular weight is 384 g/mol. The minimum atomic E-state index is -0.798. The van der Waals surface area contributed by atoms with Crippen LogP contribution >= 0.6 is 0 Å². The van der Waals surface area contributed by atoms with Crippen molar-refractivity contribution in [2.75, 3.05) is 23.4 Å². The molecule has 1 saturated heterocycles. The van der Waals surface area contributed by atoms with Crippen LogP contribution in [-0.2, 0) is 4.74 Å². The highest BCUT2D eigenvalue weighted by Gasteiger charge is 2.26. The van der Waals surface area contributed by atoms with E-state index in [0.717, 1.165) is 16.8 Å². The van der Waals surface area contributed by atoms with Crippen molar-refractivity contribution >= 4 is 23.4 Å². The number of ether oxygens (including phenoxy) is 1. The molecule has 0 bridgehead atoms. The number of carbonyl (C=O) groups excluding carboxylic acids is 2. The first kappa shape index (κ1) is 17.7. The first-order valence-electron chi connectivity index (χ1n) is 8.39. The summed E-state index contributed by atoms with van der Waals surface area (Å²) in [6.07, 6.45) is 0.793. The Morgan fingerprint density at radius 3 is 2.54 bits per heavy atom. The molecule has 0 atom stereocenters. The van der Waals surface area contributed by atoms with Gasteiger partial charge in [-0.05, 0) is 30.3 Å². The van der Waals surface area contributed by atoms with E-state index in [2.05, 4.69) is 10.4 Å². The number of carbonyl (C=O) groups is 2. The van der Waals surface area contributed by atoms with Gasteiger partial charge < -0.3 is 10.1 Å². The molecule has 0 saturated carbocycles. The molecule has 3 aromatic rings. The lowest BCUT2D eigenvalue weighted by atomic mass is 10.2. The van der Waals surface area contributed by atoms with Gasteiger partial charge >= 0.3 is 6.09 Å². The second-order valence-electron chi connectivity index (χ2n) is 5.95. The van der Waals surface area contributed by atoms with Gasteiger partial charge in [0.15, 0.2) is 17.3 Å². The number of aromatic nitrogens is 2. The van der Waals surface area contributed by atoms with E-state index in [4.69, 9.17) is 4.74 Å². The van der Waals surface area contributed by atoms with Crippen LogP contribution in [0.4, 0.5) is 25.0 Å². The Kier molecular flexibility index (Phi) is 4.48. The molecular formula is C19H14F2N4O3. The van der Waals surface area contributed by atoms with E-state index in [1.165, 1.54) is 23.2 Å². The Hall–Kier alpha value is -3.75. The molecule has 2 amide bonds. The zero-order chi connectivity index (χ0) is 19.7. The number of hydrogen-bond acceptors (Lipinski definition) is 4. The second-order valence-corrected chi connectivity index (χ2v) is 5.95. The number of hydrogen-bond donors (Lipinski definition) is 1. The fraction of sp³-hybridized carbons (Fsp3) is 0.105. The van der Waals surface area contributed by atoms with Crippen LogP contribution in [0.2, 0.25) is 0 Å². The molecule has 9 heteroatoms. The van der Waals surface area contributed by atoms with Crippen molar-refractivity contribution in [3.05, 3.63) is 72.1 Å². The van der Waals surface area contributed by atoms with Gasteiger partial charge in [-0.2, -0.15) is 5.10 Å². The minimum Gasteiger partial charge on any atom is -0.447 e. The maximum absolute atomic E-state index is 13.9. The Morgan fingerprint density at radius 1 is 1.07 bits per heavy atom. The molecule has 28 heavy (non-hydrogen) atoms. The predicted molar refractivity (Wildman–Crippen MR) is 96.6 cm³/mol. The molecule has 1 N–H and O–H groups in total. The summed E-state index contributed by atoms with van der Waals surface area (Å²) < 4.78 is 33.7. The fourth-order valence-corrected chi connectivity index (χ4v) is 2.89. The molecule has 2 heterocycles. The number of anilines is 2. The van der Waals surface area contributed by atoms with Gasteiger partial charge in [0, 0.05) is 6.20 Å². The number of amides is 2. The minimum absolute atomic E-state index is 0.0403. The number of cyclic esters (lactones) is 1. The Bertz CT molecular complexity index is 1050. The van der Waals surface area contributed by atoms with Crippen molar-refractivity contribution in [3.63, 3.8) is 0 Å². The first-order valence-corrected chi connectivity index (χ1v) is 8.39. The molecule has 0 spiro atoms. The summed E-state index contributed by atoms with van der Waals surface area (Å²) in [4.78, 5) is 25.8. The van der Waals surface area contributed by atoms with E-state index in [1.807, 2.05) is 0 Å². The van der Waals surface area contributed by atoms with Crippen molar-refractivity contribution in [1.29, 1.82) is 0 Å². The molecule has 2 aromatic carbocycles. The SMILES string of the molecule is O=C(Nc1ccccc1N1CCOC1=O)c1ccn(-c2c(F)cccc2F)n1. The smallest absolute Gasteiger partial charge is 0.414 e. The van der Waals surface area contributed by atoms with Gasteiger partial charge in [-0.3, -0.25) is 9.69 Å². The molecule has 142 valence electrons. The number of nitrogens with zero attached hydrogens (tertiary/aromatic N) is 3. The Balaban J connectivity index is 1.59. The summed E-state index contributed by atoms with van der Waals surface area (Å²) in [6, 6.07) is 11.5. The summed E-state index contributed by atoms with van der Waals surface area (Å²) in [5, 5.41) is 6.63. The van der Waals surface area contributed by atoms with E-state index < -0.39 is 23.6 Å². The van der Waals surface area contributed by atoms with Crippen LogP contribution in [0.3, 0.4) is 0 Å². The standard InChI is InChI=1S/C19H14F2N4O3/c20-12-4-3-5-13(21)17(12)25-9-8-15(23-25)18(26)22-14-6-1-2-7-16(14)24-10-11-28-19(24)27/h1-9H,10-11H2,(H,22,26). The van der Waals surface area contributed by atoms with Crippen molar-refractivity contribution in [2.24, 2.45) is 0 Å². The molecule has 0 unspecified atom stereocenters. The lowest BCUT2D eigenvalue weighted by Gasteiger charge is -2.17. The second kappa shape index (κ2) is 7.10. The van der Waals surface area contributed by atoms with E-state index in [9.17, 15) is 18.4 Å². The maximum Gasteiger partial charge on any atom is 0.414 e. The van der Waals surface area contributed by atoms with E-state index in [-0.39, 0.29) is 18.0 Å². The topological polar surface area (TPSA) is 76.5 Å². The third-order valence-electron chi connectivity index (χ3n) is 4.19. The van der Waals surface area contributed by atoms with Crippen LogP contribution in [0.5, 0.6) is 0 Å². The number of nitrogens with one attached hydrogen (secondary N) is 1. The van der Waals surface area contributed by atoms with E-state index in [1.54, 1.807) is 24.3 Å². The molecule has 0 radical (unpaired) electrons. The van der Waals surface area contributed by atoms with Gasteiger partial charge in [-0.1, -0.05) is 18.2 Å². The molecule has 1 aliphatic rings. The monoisotopic (exact) mass is 384 g/mol. The van der Waals surface area contributed by atoms with Crippen molar-refractivity contribution in [3.8, 4) is 5.69 Å². The summed E-state index contributed by atoms with van der Waals surface area (Å²) in [5.74, 6) is -2.18. The van der Waals surface area contributed by atoms with Gasteiger partial charge in [-0.25, -0.2) is 18.3 Å². The zero-order valence-electron chi connectivity index (χ0n) is 14.4. The van der Waals surface area contributed by atoms with Crippen LogP contribution in [0.15, 0.2) is 54.7 Å². The van der Waals surface area contributed by atoms with Gasteiger partial charge in [0.05, 0.1) is 17.9 Å². The Morgan fingerprint density at radius 2 is 1.82 bits per heavy atom. The molecule has 4 rings (SSSR count). The van der Waals surface area contributed by atoms with E-state index in [0.29, 0.717) is 17.9 Å². The van der Waals surface area contributed by atoms with Crippen LogP contribution in [0.1, 0.15) is 10.5 Å². The predicted octanol–water partition coefficient (Wildman–Crippen LogP) is 3.36. The summed E-state index contributed by atoms with van der Waals surface area (Å²) in [6.45, 7) is 0.632. The number of benzene rings is 2. The highest BCUT2D eigenvalue weighted by molar-refractivity contribution is 6.06. The van der Waals surface area contributed by atoms with Gasteiger partial charge in [-0.15, -0.1) is 0 Å². The van der Waals surface area contributed by atoms with Gasteiger partial charge in [0.1, 0.15) is 12.3 Å². The van der Waals surface area contributed by atoms with Gasteiger partial charge in [0.25, 0.3) is 5.91 Å². The summed E-state index contributed by atoms with van der Waals surface area (Å²) in [7, 11) is 0. The quantitative estimate of drug-likeness (QED) is 0.748. The first-order chi connectivity index (χ1) is 13.5. The third-order valence-corrected chi connectivity index (χ3v) is 4.19. The largest absolute Gasteiger partial charge is 0.447 e. The van der Waals surface area contributed by atoms with Crippen LogP contribution in [0, 0.1) is 11.6 Å². The van der Waals surface area contributed by atoms with Crippen LogP contribution < -0.4 is 10.2 Å². The molecule has 1 fully saturated rings.